The van der Waals surface area contributed by atoms with E-state index in [1.54, 1.807) is 11.1 Å². The zero-order valence-corrected chi connectivity index (χ0v) is 31.1. The third-order valence-corrected chi connectivity index (χ3v) is 15.0. The molecular formula is C52H41NS. The second kappa shape index (κ2) is 11.8. The van der Waals surface area contributed by atoms with Crippen LogP contribution in [-0.4, -0.2) is 0 Å². The first-order valence-electron chi connectivity index (χ1n) is 19.9. The molecule has 4 fully saturated rings. The third-order valence-electron chi connectivity index (χ3n) is 13.8. The fourth-order valence-electron chi connectivity index (χ4n) is 11.9. The lowest BCUT2D eigenvalue weighted by atomic mass is 9.43. The van der Waals surface area contributed by atoms with E-state index in [0.29, 0.717) is 0 Å². The van der Waals surface area contributed by atoms with E-state index in [1.807, 2.05) is 11.3 Å². The molecule has 13 rings (SSSR count). The van der Waals surface area contributed by atoms with Crippen LogP contribution in [-0.2, 0) is 5.41 Å². The fraction of sp³-hybridized carbons (Fsp3) is 0.192. The molecule has 1 nitrogen and oxygen atoms in total. The lowest BCUT2D eigenvalue weighted by Crippen LogP contribution is -2.55. The zero-order chi connectivity index (χ0) is 35.4. The van der Waals surface area contributed by atoms with Crippen molar-refractivity contribution in [1.29, 1.82) is 0 Å². The first kappa shape index (κ1) is 31.0. The van der Waals surface area contributed by atoms with Gasteiger partial charge >= 0.3 is 0 Å². The zero-order valence-electron chi connectivity index (χ0n) is 30.3. The van der Waals surface area contributed by atoms with Crippen molar-refractivity contribution >= 4 is 48.6 Å². The molecule has 1 heterocycles. The molecule has 0 amide bonds. The summed E-state index contributed by atoms with van der Waals surface area (Å²) < 4.78 is 2.64. The molecule has 0 atom stereocenters. The number of benzene rings is 7. The van der Waals surface area contributed by atoms with Crippen LogP contribution in [0.4, 0.5) is 17.1 Å². The van der Waals surface area contributed by atoms with Crippen LogP contribution in [0, 0.1) is 23.7 Å². The van der Waals surface area contributed by atoms with E-state index in [0.717, 1.165) is 29.4 Å². The summed E-state index contributed by atoms with van der Waals surface area (Å²) in [5.74, 6) is 3.47. The molecule has 54 heavy (non-hydrogen) atoms. The van der Waals surface area contributed by atoms with Crippen LogP contribution < -0.4 is 4.90 Å². The van der Waals surface area contributed by atoms with Gasteiger partial charge in [0, 0.05) is 42.6 Å². The van der Waals surface area contributed by atoms with Gasteiger partial charge in [0.15, 0.2) is 0 Å². The Kier molecular flexibility index (Phi) is 6.75. The summed E-state index contributed by atoms with van der Waals surface area (Å²) in [6.45, 7) is 0. The Bertz CT molecular complexity index is 2710. The second-order valence-corrected chi connectivity index (χ2v) is 17.6. The van der Waals surface area contributed by atoms with E-state index in [9.17, 15) is 0 Å². The Labute approximate surface area is 321 Å². The molecule has 1 aromatic heterocycles. The van der Waals surface area contributed by atoms with E-state index in [1.165, 1.54) is 97.0 Å². The molecule has 5 aliphatic rings. The monoisotopic (exact) mass is 711 g/mol. The molecule has 1 spiro atoms. The van der Waals surface area contributed by atoms with Crippen molar-refractivity contribution in [2.45, 2.75) is 37.5 Å². The summed E-state index contributed by atoms with van der Waals surface area (Å²) in [6.07, 6.45) is 7.15. The largest absolute Gasteiger partial charge is 0.310 e. The minimum absolute atomic E-state index is 0.202. The summed E-state index contributed by atoms with van der Waals surface area (Å²) in [5, 5.41) is 2.65. The number of hydrogen-bond donors (Lipinski definition) is 0. The molecule has 0 aliphatic heterocycles. The molecule has 4 bridgehead atoms. The summed E-state index contributed by atoms with van der Waals surface area (Å²) in [6, 6.07) is 61.8. The first-order chi connectivity index (χ1) is 26.7. The third kappa shape index (κ3) is 4.50. The summed E-state index contributed by atoms with van der Waals surface area (Å²) in [7, 11) is 0. The summed E-state index contributed by atoms with van der Waals surface area (Å²) in [4.78, 5) is 2.44. The van der Waals surface area contributed by atoms with Crippen LogP contribution in [0.2, 0.25) is 0 Å². The van der Waals surface area contributed by atoms with Crippen molar-refractivity contribution in [2.75, 3.05) is 4.90 Å². The number of fused-ring (bicyclic) bond motifs is 6. The maximum absolute atomic E-state index is 2.55. The van der Waals surface area contributed by atoms with Crippen molar-refractivity contribution in [3.8, 4) is 33.4 Å². The van der Waals surface area contributed by atoms with Crippen molar-refractivity contribution in [1.82, 2.24) is 0 Å². The summed E-state index contributed by atoms with van der Waals surface area (Å²) >= 11 is 1.88. The highest BCUT2D eigenvalue weighted by Crippen LogP contribution is 2.69. The van der Waals surface area contributed by atoms with Crippen molar-refractivity contribution in [3.63, 3.8) is 0 Å². The lowest BCUT2D eigenvalue weighted by Gasteiger charge is -2.61. The second-order valence-electron chi connectivity index (χ2n) is 16.6. The fourth-order valence-corrected chi connectivity index (χ4v) is 13.0. The molecule has 7 aromatic carbocycles. The highest BCUT2D eigenvalue weighted by Gasteiger charge is 2.61. The van der Waals surface area contributed by atoms with Crippen LogP contribution in [0.15, 0.2) is 164 Å². The highest BCUT2D eigenvalue weighted by atomic mass is 32.1. The van der Waals surface area contributed by atoms with Crippen LogP contribution in [0.5, 0.6) is 0 Å². The first-order valence-corrected chi connectivity index (χ1v) is 20.7. The average molecular weight is 712 g/mol. The lowest BCUT2D eigenvalue weighted by molar-refractivity contribution is -0.0399. The Balaban J connectivity index is 0.981. The number of anilines is 3. The van der Waals surface area contributed by atoms with Gasteiger partial charge in [0.25, 0.3) is 0 Å². The SMILES string of the molecule is c1ccc(-c2ccc(N(c3cccc(-c4ccc5c(c4)-c4ccccc4C54C5CC6CC(C5)CC4C6)c3)c3ccc4c(c3)sc3ccccc34)cc2)cc1. The summed E-state index contributed by atoms with van der Waals surface area (Å²) in [5.41, 5.74) is 14.9. The van der Waals surface area contributed by atoms with Crippen LogP contribution in [0.1, 0.15) is 43.2 Å². The molecule has 260 valence electrons. The molecule has 0 unspecified atom stereocenters. The van der Waals surface area contributed by atoms with Crippen molar-refractivity contribution in [3.05, 3.63) is 175 Å². The molecule has 2 heteroatoms. The van der Waals surface area contributed by atoms with E-state index >= 15 is 0 Å². The predicted molar refractivity (Wildman–Crippen MR) is 228 cm³/mol. The van der Waals surface area contributed by atoms with Gasteiger partial charge in [-0.3, -0.25) is 0 Å². The molecule has 0 N–H and O–H groups in total. The van der Waals surface area contributed by atoms with E-state index in [-0.39, 0.29) is 5.41 Å². The highest BCUT2D eigenvalue weighted by molar-refractivity contribution is 7.25. The minimum Gasteiger partial charge on any atom is -0.310 e. The van der Waals surface area contributed by atoms with Gasteiger partial charge in [-0.05, 0) is 149 Å². The molecule has 4 saturated carbocycles. The van der Waals surface area contributed by atoms with Gasteiger partial charge in [0.2, 0.25) is 0 Å². The number of thiophene rings is 1. The van der Waals surface area contributed by atoms with Gasteiger partial charge < -0.3 is 4.90 Å². The Morgan fingerprint density at radius 1 is 0.407 bits per heavy atom. The van der Waals surface area contributed by atoms with Gasteiger partial charge in [0.1, 0.15) is 0 Å². The van der Waals surface area contributed by atoms with E-state index in [4.69, 9.17) is 0 Å². The Morgan fingerprint density at radius 2 is 1.02 bits per heavy atom. The van der Waals surface area contributed by atoms with Gasteiger partial charge in [-0.15, -0.1) is 11.3 Å². The topological polar surface area (TPSA) is 3.24 Å². The van der Waals surface area contributed by atoms with Gasteiger partial charge in [-0.1, -0.05) is 115 Å². The normalized spacial score (nSPS) is 23.3. The standard InChI is InChI=1S/C52H41NS/c1-2-9-35(10-3-1)36-17-20-41(21-18-36)53(43-22-23-46-45-14-5-7-16-50(45)54-51(46)32-43)42-12-8-11-37(30-42)38-19-24-49-47(31-38)44-13-4-6-15-48(44)52(49)39-26-33-25-34(28-39)29-40(52)27-33/h1-24,30-34,39-40H,25-29H2. The number of rotatable bonds is 5. The molecule has 0 radical (unpaired) electrons. The van der Waals surface area contributed by atoms with E-state index < -0.39 is 0 Å². The molecule has 5 aliphatic carbocycles. The quantitative estimate of drug-likeness (QED) is 0.172. The average Bonchev–Trinajstić information content (AvgIpc) is 3.74. The minimum atomic E-state index is 0.202. The van der Waals surface area contributed by atoms with Crippen LogP contribution >= 0.6 is 11.3 Å². The maximum atomic E-state index is 2.55. The van der Waals surface area contributed by atoms with Crippen LogP contribution in [0.25, 0.3) is 53.6 Å². The van der Waals surface area contributed by atoms with Crippen molar-refractivity contribution in [2.24, 2.45) is 23.7 Å². The number of hydrogen-bond acceptors (Lipinski definition) is 2. The Morgan fingerprint density at radius 3 is 1.85 bits per heavy atom. The number of nitrogens with zero attached hydrogens (tertiary/aromatic N) is 1. The van der Waals surface area contributed by atoms with Gasteiger partial charge in [-0.25, -0.2) is 0 Å². The Hall–Kier alpha value is -5.44. The maximum Gasteiger partial charge on any atom is 0.0476 e. The van der Waals surface area contributed by atoms with E-state index in [2.05, 4.69) is 169 Å². The predicted octanol–water partition coefficient (Wildman–Crippen LogP) is 14.6. The molecule has 0 saturated heterocycles. The van der Waals surface area contributed by atoms with Crippen molar-refractivity contribution < 1.29 is 0 Å². The van der Waals surface area contributed by atoms with Gasteiger partial charge in [0.05, 0.1) is 0 Å². The smallest absolute Gasteiger partial charge is 0.0476 e. The van der Waals surface area contributed by atoms with Crippen LogP contribution in [0.3, 0.4) is 0 Å². The van der Waals surface area contributed by atoms with Gasteiger partial charge in [-0.2, -0.15) is 0 Å². The molecular weight excluding hydrogens is 671 g/mol. The molecule has 8 aromatic rings.